The molecule has 0 spiro atoms. The van der Waals surface area contributed by atoms with Gasteiger partial charge in [-0.05, 0) is 43.0 Å². The number of hydrogen-bond acceptors (Lipinski definition) is 2. The van der Waals surface area contributed by atoms with Crippen LogP contribution < -0.4 is 10.6 Å². The summed E-state index contributed by atoms with van der Waals surface area (Å²) in [6, 6.07) is 5.97. The van der Waals surface area contributed by atoms with Crippen LogP contribution in [0.5, 0.6) is 0 Å². The molecule has 2 N–H and O–H groups in total. The van der Waals surface area contributed by atoms with Gasteiger partial charge in [0, 0.05) is 24.3 Å². The van der Waals surface area contributed by atoms with Gasteiger partial charge in [0.2, 0.25) is 0 Å². The van der Waals surface area contributed by atoms with E-state index in [1.165, 1.54) is 0 Å². The summed E-state index contributed by atoms with van der Waals surface area (Å²) in [4.78, 5) is 12.1. The van der Waals surface area contributed by atoms with Crippen LogP contribution in [0.2, 0.25) is 0 Å². The highest BCUT2D eigenvalue weighted by Gasteiger charge is 2.15. The first-order valence-electron chi connectivity index (χ1n) is 6.58. The van der Waals surface area contributed by atoms with Gasteiger partial charge in [-0.25, -0.2) is 0 Å². The molecule has 1 atom stereocenters. The van der Waals surface area contributed by atoms with E-state index in [0.29, 0.717) is 5.92 Å². The molecule has 0 aliphatic heterocycles. The summed E-state index contributed by atoms with van der Waals surface area (Å²) in [5, 5.41) is 6.19. The molecule has 0 heterocycles. The molecule has 1 rings (SSSR count). The Hall–Kier alpha value is -1.51. The van der Waals surface area contributed by atoms with Gasteiger partial charge in [-0.3, -0.25) is 4.79 Å². The van der Waals surface area contributed by atoms with Crippen LogP contribution in [0.1, 0.15) is 43.1 Å². The van der Waals surface area contributed by atoms with E-state index in [1.807, 2.05) is 32.2 Å². The molecule has 3 heteroatoms. The lowest BCUT2D eigenvalue weighted by Crippen LogP contribution is -2.38. The summed E-state index contributed by atoms with van der Waals surface area (Å²) in [6.45, 7) is 8.36. The second-order valence-corrected chi connectivity index (χ2v) is 5.01. The van der Waals surface area contributed by atoms with Crippen molar-refractivity contribution in [2.24, 2.45) is 5.92 Å². The van der Waals surface area contributed by atoms with Crippen LogP contribution in [0.3, 0.4) is 0 Å². The zero-order valence-corrected chi connectivity index (χ0v) is 12.0. The van der Waals surface area contributed by atoms with Crippen molar-refractivity contribution in [1.29, 1.82) is 0 Å². The quantitative estimate of drug-likeness (QED) is 0.840. The minimum Gasteiger partial charge on any atom is -0.388 e. The van der Waals surface area contributed by atoms with Crippen LogP contribution in [-0.2, 0) is 0 Å². The van der Waals surface area contributed by atoms with Crippen LogP contribution in [0.25, 0.3) is 0 Å². The van der Waals surface area contributed by atoms with Crippen molar-refractivity contribution in [2.75, 3.05) is 12.4 Å². The fourth-order valence-electron chi connectivity index (χ4n) is 2.08. The summed E-state index contributed by atoms with van der Waals surface area (Å²) in [5.74, 6) is 0.470. The van der Waals surface area contributed by atoms with E-state index < -0.39 is 0 Å². The van der Waals surface area contributed by atoms with Crippen molar-refractivity contribution >= 4 is 11.6 Å². The van der Waals surface area contributed by atoms with Gasteiger partial charge in [0.1, 0.15) is 0 Å². The molecule has 0 saturated carbocycles. The molecular formula is C15H24N2O. The molecule has 0 saturated heterocycles. The Kier molecular flexibility index (Phi) is 5.20. The Bertz CT molecular complexity index is 413. The molecule has 1 amide bonds. The van der Waals surface area contributed by atoms with Crippen molar-refractivity contribution in [1.82, 2.24) is 5.32 Å². The first-order chi connectivity index (χ1) is 8.49. The third kappa shape index (κ3) is 3.49. The minimum atomic E-state index is 0.0151. The SMILES string of the molecule is CCC(NC(=O)c1ccc(NC)c(C)c1)C(C)C. The van der Waals surface area contributed by atoms with Gasteiger partial charge < -0.3 is 10.6 Å². The molecule has 1 aromatic rings. The molecule has 1 unspecified atom stereocenters. The molecule has 0 fully saturated rings. The van der Waals surface area contributed by atoms with E-state index in [2.05, 4.69) is 31.4 Å². The predicted octanol–water partition coefficient (Wildman–Crippen LogP) is 3.20. The maximum Gasteiger partial charge on any atom is 0.251 e. The Labute approximate surface area is 110 Å². The lowest BCUT2D eigenvalue weighted by Gasteiger charge is -2.21. The van der Waals surface area contributed by atoms with Gasteiger partial charge in [0.15, 0.2) is 0 Å². The van der Waals surface area contributed by atoms with Crippen molar-refractivity contribution in [3.05, 3.63) is 29.3 Å². The maximum atomic E-state index is 12.1. The Morgan fingerprint density at radius 1 is 1.33 bits per heavy atom. The van der Waals surface area contributed by atoms with Crippen LogP contribution in [-0.4, -0.2) is 19.0 Å². The molecule has 0 aliphatic carbocycles. The second kappa shape index (κ2) is 6.43. The van der Waals surface area contributed by atoms with E-state index >= 15 is 0 Å². The number of hydrogen-bond donors (Lipinski definition) is 2. The third-order valence-electron chi connectivity index (χ3n) is 3.32. The summed E-state index contributed by atoms with van der Waals surface area (Å²) in [7, 11) is 1.88. The van der Waals surface area contributed by atoms with Gasteiger partial charge in [0.05, 0.1) is 0 Å². The summed E-state index contributed by atoms with van der Waals surface area (Å²) >= 11 is 0. The van der Waals surface area contributed by atoms with E-state index in [-0.39, 0.29) is 11.9 Å². The molecule has 3 nitrogen and oxygen atoms in total. The maximum absolute atomic E-state index is 12.1. The zero-order valence-electron chi connectivity index (χ0n) is 12.0. The van der Waals surface area contributed by atoms with Gasteiger partial charge in [-0.2, -0.15) is 0 Å². The lowest BCUT2D eigenvalue weighted by atomic mass is 10.0. The predicted molar refractivity (Wildman–Crippen MR) is 77.1 cm³/mol. The minimum absolute atomic E-state index is 0.0151. The summed E-state index contributed by atoms with van der Waals surface area (Å²) in [5.41, 5.74) is 2.87. The first kappa shape index (κ1) is 14.6. The zero-order chi connectivity index (χ0) is 13.7. The molecular weight excluding hydrogens is 224 g/mol. The smallest absolute Gasteiger partial charge is 0.251 e. The van der Waals surface area contributed by atoms with Crippen LogP contribution in [0, 0.1) is 12.8 Å². The van der Waals surface area contributed by atoms with Crippen LogP contribution >= 0.6 is 0 Å². The van der Waals surface area contributed by atoms with E-state index in [4.69, 9.17) is 0 Å². The molecule has 18 heavy (non-hydrogen) atoms. The highest BCUT2D eigenvalue weighted by molar-refractivity contribution is 5.95. The molecule has 0 aliphatic rings. The highest BCUT2D eigenvalue weighted by Crippen LogP contribution is 2.16. The molecule has 0 radical (unpaired) electrons. The number of carbonyl (C=O) groups is 1. The second-order valence-electron chi connectivity index (χ2n) is 5.01. The van der Waals surface area contributed by atoms with Gasteiger partial charge in [-0.1, -0.05) is 20.8 Å². The van der Waals surface area contributed by atoms with Crippen LogP contribution in [0.15, 0.2) is 18.2 Å². The van der Waals surface area contributed by atoms with Gasteiger partial charge >= 0.3 is 0 Å². The fraction of sp³-hybridized carbons (Fsp3) is 0.533. The largest absolute Gasteiger partial charge is 0.388 e. The summed E-state index contributed by atoms with van der Waals surface area (Å²) < 4.78 is 0. The normalized spacial score (nSPS) is 12.3. The molecule has 100 valence electrons. The average Bonchev–Trinajstić information content (AvgIpc) is 2.35. The van der Waals surface area contributed by atoms with E-state index in [0.717, 1.165) is 23.2 Å². The lowest BCUT2D eigenvalue weighted by molar-refractivity contribution is 0.0924. The van der Waals surface area contributed by atoms with Gasteiger partial charge in [-0.15, -0.1) is 0 Å². The third-order valence-corrected chi connectivity index (χ3v) is 3.32. The topological polar surface area (TPSA) is 41.1 Å². The molecule has 0 bridgehead atoms. The van der Waals surface area contributed by atoms with E-state index in [9.17, 15) is 4.79 Å². The van der Waals surface area contributed by atoms with Crippen molar-refractivity contribution in [2.45, 2.75) is 40.2 Å². The average molecular weight is 248 g/mol. The van der Waals surface area contributed by atoms with Crippen molar-refractivity contribution in [3.8, 4) is 0 Å². The number of aryl methyl sites for hydroxylation is 1. The fourth-order valence-corrected chi connectivity index (χ4v) is 2.08. The summed E-state index contributed by atoms with van der Waals surface area (Å²) in [6.07, 6.45) is 0.955. The Morgan fingerprint density at radius 2 is 2.00 bits per heavy atom. The van der Waals surface area contributed by atoms with Gasteiger partial charge in [0.25, 0.3) is 5.91 Å². The molecule has 1 aromatic carbocycles. The number of benzene rings is 1. The monoisotopic (exact) mass is 248 g/mol. The van der Waals surface area contributed by atoms with E-state index in [1.54, 1.807) is 0 Å². The number of amides is 1. The number of anilines is 1. The number of carbonyl (C=O) groups excluding carboxylic acids is 1. The standard InChI is InChI=1S/C15H24N2O/c1-6-13(10(2)3)17-15(18)12-7-8-14(16-5)11(4)9-12/h7-10,13,16H,6H2,1-5H3,(H,17,18). The van der Waals surface area contributed by atoms with Crippen LogP contribution in [0.4, 0.5) is 5.69 Å². The first-order valence-corrected chi connectivity index (χ1v) is 6.58. The Morgan fingerprint density at radius 3 is 2.44 bits per heavy atom. The van der Waals surface area contributed by atoms with Crippen molar-refractivity contribution in [3.63, 3.8) is 0 Å². The van der Waals surface area contributed by atoms with Crippen molar-refractivity contribution < 1.29 is 4.79 Å². The highest BCUT2D eigenvalue weighted by atomic mass is 16.1. The molecule has 0 aromatic heterocycles. The number of rotatable bonds is 5. The Balaban J connectivity index is 2.81. The number of nitrogens with one attached hydrogen (secondary N) is 2.